The van der Waals surface area contributed by atoms with Crippen LogP contribution in [-0.2, 0) is 17.1 Å². The molecule has 1 heterocycles. The summed E-state index contributed by atoms with van der Waals surface area (Å²) in [6.45, 7) is 9.55. The highest BCUT2D eigenvalue weighted by molar-refractivity contribution is 7.89. The van der Waals surface area contributed by atoms with Crippen molar-refractivity contribution in [2.24, 2.45) is 12.0 Å². The van der Waals surface area contributed by atoms with Crippen LogP contribution < -0.4 is 4.80 Å². The number of thiazole rings is 1. The molecule has 0 unspecified atom stereocenters. The molecule has 0 aliphatic heterocycles. The number of hydrogen-bond donors (Lipinski definition) is 0. The second-order valence-corrected chi connectivity index (χ2v) is 9.70. The van der Waals surface area contributed by atoms with E-state index in [2.05, 4.69) is 24.2 Å². The molecule has 0 fully saturated rings. The molecule has 0 aliphatic rings. The predicted octanol–water partition coefficient (Wildman–Crippen LogP) is 3.65. The zero-order valence-corrected chi connectivity index (χ0v) is 18.5. The summed E-state index contributed by atoms with van der Waals surface area (Å²) in [4.78, 5) is 17.6. The first-order valence-corrected chi connectivity index (χ1v) is 11.5. The summed E-state index contributed by atoms with van der Waals surface area (Å²) in [6.07, 6.45) is 3.04. The highest BCUT2D eigenvalue weighted by Crippen LogP contribution is 2.19. The van der Waals surface area contributed by atoms with Gasteiger partial charge in [0.15, 0.2) is 4.80 Å². The van der Waals surface area contributed by atoms with Gasteiger partial charge in [-0.15, -0.1) is 13.2 Å². The molecule has 0 saturated carbocycles. The summed E-state index contributed by atoms with van der Waals surface area (Å²) in [6, 6.07) is 11.9. The number of rotatable bonds is 7. The Hall–Kier alpha value is -2.81. The van der Waals surface area contributed by atoms with Crippen molar-refractivity contribution in [2.45, 2.75) is 11.8 Å². The number of carbonyl (C=O) groups excluding carboxylic acids is 1. The Kier molecular flexibility index (Phi) is 6.50. The van der Waals surface area contributed by atoms with Gasteiger partial charge in [-0.05, 0) is 48.9 Å². The molecule has 0 spiro atoms. The molecule has 0 saturated heterocycles. The standard InChI is InChI=1S/C22H23N3O3S2/c1-5-13-25(14-6-2)30(27,28)18-10-8-17(9-11-18)21(26)23-22-24(4)19-12-7-16(3)15-20(19)29-22/h5-12,15H,1-2,13-14H2,3-4H3. The number of fused-ring (bicyclic) bond motifs is 1. The van der Waals surface area contributed by atoms with Crippen LogP contribution in [0.5, 0.6) is 0 Å². The van der Waals surface area contributed by atoms with Crippen LogP contribution in [0.1, 0.15) is 15.9 Å². The summed E-state index contributed by atoms with van der Waals surface area (Å²) in [5, 5.41) is 0. The second kappa shape index (κ2) is 8.91. The zero-order chi connectivity index (χ0) is 21.9. The Labute approximate surface area is 180 Å². The van der Waals surface area contributed by atoms with Crippen LogP contribution in [0.2, 0.25) is 0 Å². The van der Waals surface area contributed by atoms with Gasteiger partial charge in [0, 0.05) is 25.7 Å². The third-order valence-electron chi connectivity index (χ3n) is 4.57. The minimum atomic E-state index is -3.71. The molecule has 8 heteroatoms. The van der Waals surface area contributed by atoms with E-state index < -0.39 is 15.9 Å². The Morgan fingerprint density at radius 3 is 2.37 bits per heavy atom. The van der Waals surface area contributed by atoms with Gasteiger partial charge in [0.1, 0.15) is 0 Å². The van der Waals surface area contributed by atoms with Gasteiger partial charge in [-0.3, -0.25) is 4.79 Å². The third kappa shape index (κ3) is 4.35. The lowest BCUT2D eigenvalue weighted by atomic mass is 10.2. The average molecular weight is 442 g/mol. The molecule has 1 aromatic heterocycles. The Morgan fingerprint density at radius 2 is 1.77 bits per heavy atom. The smallest absolute Gasteiger partial charge is 0.279 e. The lowest BCUT2D eigenvalue weighted by molar-refractivity contribution is 0.0998. The minimum Gasteiger partial charge on any atom is -0.319 e. The number of sulfonamides is 1. The number of carbonyl (C=O) groups is 1. The van der Waals surface area contributed by atoms with E-state index >= 15 is 0 Å². The quantitative estimate of drug-likeness (QED) is 0.526. The van der Waals surface area contributed by atoms with E-state index in [9.17, 15) is 13.2 Å². The van der Waals surface area contributed by atoms with Gasteiger partial charge in [0.25, 0.3) is 5.91 Å². The number of amides is 1. The average Bonchev–Trinajstić information content (AvgIpc) is 3.02. The molecule has 3 aromatic rings. The zero-order valence-electron chi connectivity index (χ0n) is 16.9. The van der Waals surface area contributed by atoms with Gasteiger partial charge in [-0.1, -0.05) is 29.6 Å². The number of hydrogen-bond acceptors (Lipinski definition) is 4. The molecular formula is C22H23N3O3S2. The first-order valence-electron chi connectivity index (χ1n) is 9.25. The van der Waals surface area contributed by atoms with Gasteiger partial charge in [-0.25, -0.2) is 8.42 Å². The largest absolute Gasteiger partial charge is 0.319 e. The van der Waals surface area contributed by atoms with Gasteiger partial charge < -0.3 is 4.57 Å². The fourth-order valence-corrected chi connectivity index (χ4v) is 5.47. The maximum Gasteiger partial charge on any atom is 0.279 e. The Balaban J connectivity index is 1.92. The van der Waals surface area contributed by atoms with Crippen molar-refractivity contribution in [1.82, 2.24) is 8.87 Å². The van der Waals surface area contributed by atoms with Gasteiger partial charge >= 0.3 is 0 Å². The van der Waals surface area contributed by atoms with E-state index in [4.69, 9.17) is 0 Å². The van der Waals surface area contributed by atoms with E-state index in [-0.39, 0.29) is 18.0 Å². The molecule has 3 rings (SSSR count). The van der Waals surface area contributed by atoms with E-state index in [0.717, 1.165) is 15.8 Å². The lowest BCUT2D eigenvalue weighted by Crippen LogP contribution is -2.31. The van der Waals surface area contributed by atoms with Crippen molar-refractivity contribution in [1.29, 1.82) is 0 Å². The summed E-state index contributed by atoms with van der Waals surface area (Å²) < 4.78 is 29.7. The Morgan fingerprint density at radius 1 is 1.13 bits per heavy atom. The highest BCUT2D eigenvalue weighted by Gasteiger charge is 2.22. The van der Waals surface area contributed by atoms with Crippen molar-refractivity contribution in [2.75, 3.05) is 13.1 Å². The second-order valence-electron chi connectivity index (χ2n) is 6.76. The monoisotopic (exact) mass is 441 g/mol. The van der Waals surface area contributed by atoms with E-state index in [0.29, 0.717) is 10.4 Å². The molecule has 0 bridgehead atoms. The molecule has 0 aliphatic carbocycles. The third-order valence-corrected chi connectivity index (χ3v) is 7.51. The SMILES string of the molecule is C=CCN(CC=C)S(=O)(=O)c1ccc(C(=O)N=c2sc3cc(C)ccc3n2C)cc1. The van der Waals surface area contributed by atoms with Crippen molar-refractivity contribution >= 4 is 37.5 Å². The van der Waals surface area contributed by atoms with Crippen molar-refractivity contribution < 1.29 is 13.2 Å². The fraction of sp³-hybridized carbons (Fsp3) is 0.182. The molecule has 156 valence electrons. The molecule has 2 aromatic carbocycles. The van der Waals surface area contributed by atoms with Crippen LogP contribution in [0.3, 0.4) is 0 Å². The summed E-state index contributed by atoms with van der Waals surface area (Å²) in [5.74, 6) is -0.424. The van der Waals surface area contributed by atoms with E-state index in [1.165, 1.54) is 52.1 Å². The fourth-order valence-electron chi connectivity index (χ4n) is 2.98. The number of benzene rings is 2. The van der Waals surface area contributed by atoms with Crippen molar-refractivity contribution in [3.8, 4) is 0 Å². The molecular weight excluding hydrogens is 418 g/mol. The van der Waals surface area contributed by atoms with Crippen LogP contribution in [0.15, 0.2) is 77.7 Å². The predicted molar refractivity (Wildman–Crippen MR) is 121 cm³/mol. The lowest BCUT2D eigenvalue weighted by Gasteiger charge is -2.19. The van der Waals surface area contributed by atoms with Crippen LogP contribution >= 0.6 is 11.3 Å². The highest BCUT2D eigenvalue weighted by atomic mass is 32.2. The molecule has 1 amide bonds. The first kappa shape index (κ1) is 21.9. The maximum absolute atomic E-state index is 12.8. The molecule has 0 atom stereocenters. The molecule has 6 nitrogen and oxygen atoms in total. The van der Waals surface area contributed by atoms with Crippen LogP contribution in [0.25, 0.3) is 10.2 Å². The minimum absolute atomic E-state index is 0.102. The first-order chi connectivity index (χ1) is 14.3. The van der Waals surface area contributed by atoms with Gasteiger partial charge in [0.2, 0.25) is 10.0 Å². The number of nitrogens with zero attached hydrogens (tertiary/aromatic N) is 3. The number of aromatic nitrogens is 1. The molecule has 30 heavy (non-hydrogen) atoms. The topological polar surface area (TPSA) is 71.7 Å². The van der Waals surface area contributed by atoms with Gasteiger partial charge in [-0.2, -0.15) is 9.30 Å². The van der Waals surface area contributed by atoms with Crippen LogP contribution in [0, 0.1) is 6.92 Å². The van der Waals surface area contributed by atoms with E-state index in [1.807, 2.05) is 30.7 Å². The van der Waals surface area contributed by atoms with Crippen molar-refractivity contribution in [3.63, 3.8) is 0 Å². The number of aryl methyl sites for hydroxylation is 2. The van der Waals surface area contributed by atoms with E-state index in [1.54, 1.807) is 0 Å². The molecule has 0 N–H and O–H groups in total. The Bertz CT molecular complexity index is 1270. The van der Waals surface area contributed by atoms with Crippen LogP contribution in [-0.4, -0.2) is 36.3 Å². The van der Waals surface area contributed by atoms with Crippen molar-refractivity contribution in [3.05, 3.63) is 83.7 Å². The maximum atomic E-state index is 12.8. The van der Waals surface area contributed by atoms with Gasteiger partial charge in [0.05, 0.1) is 15.1 Å². The van der Waals surface area contributed by atoms with Crippen LogP contribution in [0.4, 0.5) is 0 Å². The summed E-state index contributed by atoms with van der Waals surface area (Å²) in [5.41, 5.74) is 2.46. The normalized spacial score (nSPS) is 12.4. The summed E-state index contributed by atoms with van der Waals surface area (Å²) in [7, 11) is -1.84. The molecule has 0 radical (unpaired) electrons. The summed E-state index contributed by atoms with van der Waals surface area (Å²) >= 11 is 1.44.